The highest BCUT2D eigenvalue weighted by atomic mass is 16.3. The number of aliphatic hydroxyl groups excluding tert-OH is 1. The lowest BCUT2D eigenvalue weighted by atomic mass is 9.74. The summed E-state index contributed by atoms with van der Waals surface area (Å²) < 4.78 is 0. The second-order valence-electron chi connectivity index (χ2n) is 11.6. The van der Waals surface area contributed by atoms with Crippen molar-refractivity contribution in [1.29, 1.82) is 0 Å². The first-order chi connectivity index (χ1) is 15.4. The van der Waals surface area contributed by atoms with Crippen LogP contribution in [0.15, 0.2) is 57.2 Å². The highest BCUT2D eigenvalue weighted by Crippen LogP contribution is 2.40. The molecule has 1 aliphatic carbocycles. The van der Waals surface area contributed by atoms with Crippen LogP contribution in [0.5, 0.6) is 0 Å². The number of aliphatic hydroxyl groups is 1. The lowest BCUT2D eigenvalue weighted by Gasteiger charge is -2.34. The van der Waals surface area contributed by atoms with Gasteiger partial charge in [-0.1, -0.05) is 68.2 Å². The van der Waals surface area contributed by atoms with E-state index in [0.717, 1.165) is 32.1 Å². The van der Waals surface area contributed by atoms with Crippen LogP contribution in [0.4, 0.5) is 0 Å². The van der Waals surface area contributed by atoms with Crippen molar-refractivity contribution < 1.29 is 5.11 Å². The zero-order chi connectivity index (χ0) is 25.2. The van der Waals surface area contributed by atoms with E-state index in [0.29, 0.717) is 5.41 Å². The third-order valence-corrected chi connectivity index (χ3v) is 7.81. The SMILES string of the molecule is CCC1=C(CCC(C)(C)CC/C=C(\C)CC/C=C(\C)CCC=C(C)C)C(C)=C(C)C(C)C1O. The maximum Gasteiger partial charge on any atom is 0.0818 e. The van der Waals surface area contributed by atoms with Crippen molar-refractivity contribution in [2.75, 3.05) is 0 Å². The molecule has 2 atom stereocenters. The van der Waals surface area contributed by atoms with Gasteiger partial charge in [-0.2, -0.15) is 0 Å². The zero-order valence-electron chi connectivity index (χ0n) is 23.7. The fourth-order valence-corrected chi connectivity index (χ4v) is 4.94. The van der Waals surface area contributed by atoms with Crippen LogP contribution in [-0.2, 0) is 0 Å². The highest BCUT2D eigenvalue weighted by Gasteiger charge is 2.29. The van der Waals surface area contributed by atoms with Crippen LogP contribution in [0.2, 0.25) is 0 Å². The Hall–Kier alpha value is -1.34. The minimum Gasteiger partial charge on any atom is -0.388 e. The smallest absolute Gasteiger partial charge is 0.0818 e. The molecule has 0 spiro atoms. The Morgan fingerprint density at radius 2 is 1.42 bits per heavy atom. The summed E-state index contributed by atoms with van der Waals surface area (Å²) in [4.78, 5) is 0. The molecule has 0 amide bonds. The van der Waals surface area contributed by atoms with Gasteiger partial charge < -0.3 is 5.11 Å². The molecule has 0 aliphatic heterocycles. The van der Waals surface area contributed by atoms with Crippen molar-refractivity contribution in [3.05, 3.63) is 57.2 Å². The van der Waals surface area contributed by atoms with Gasteiger partial charge in [-0.3, -0.25) is 0 Å². The minimum atomic E-state index is -0.299. The maximum atomic E-state index is 10.8. The summed E-state index contributed by atoms with van der Waals surface area (Å²) in [7, 11) is 0. The van der Waals surface area contributed by atoms with Crippen molar-refractivity contribution in [3.8, 4) is 0 Å². The lowest BCUT2D eigenvalue weighted by molar-refractivity contribution is 0.159. The summed E-state index contributed by atoms with van der Waals surface area (Å²) >= 11 is 0. The molecule has 33 heavy (non-hydrogen) atoms. The summed E-state index contributed by atoms with van der Waals surface area (Å²) in [6, 6.07) is 0. The van der Waals surface area contributed by atoms with E-state index in [4.69, 9.17) is 0 Å². The molecule has 188 valence electrons. The van der Waals surface area contributed by atoms with E-state index in [9.17, 15) is 5.11 Å². The molecule has 0 radical (unpaired) electrons. The molecule has 1 aliphatic rings. The molecule has 0 heterocycles. The first-order valence-corrected chi connectivity index (χ1v) is 13.4. The van der Waals surface area contributed by atoms with Gasteiger partial charge in [0.05, 0.1) is 6.10 Å². The van der Waals surface area contributed by atoms with Crippen LogP contribution in [0.3, 0.4) is 0 Å². The molecular weight excluding hydrogens is 400 g/mol. The van der Waals surface area contributed by atoms with E-state index in [-0.39, 0.29) is 12.0 Å². The third kappa shape index (κ3) is 10.2. The monoisotopic (exact) mass is 454 g/mol. The van der Waals surface area contributed by atoms with Crippen LogP contribution in [0.25, 0.3) is 0 Å². The van der Waals surface area contributed by atoms with Crippen molar-refractivity contribution in [2.24, 2.45) is 11.3 Å². The normalized spacial score (nSPS) is 20.6. The van der Waals surface area contributed by atoms with Crippen LogP contribution in [0, 0.1) is 11.3 Å². The largest absolute Gasteiger partial charge is 0.388 e. The average Bonchev–Trinajstić information content (AvgIpc) is 2.73. The molecular formula is C32H54O. The summed E-state index contributed by atoms with van der Waals surface area (Å²) in [6.45, 7) is 22.6. The molecule has 1 N–H and O–H groups in total. The Kier molecular flexibility index (Phi) is 12.7. The second-order valence-corrected chi connectivity index (χ2v) is 11.6. The van der Waals surface area contributed by atoms with Gasteiger partial charge in [0.25, 0.3) is 0 Å². The Morgan fingerprint density at radius 3 is 1.97 bits per heavy atom. The van der Waals surface area contributed by atoms with Crippen molar-refractivity contribution >= 4 is 0 Å². The van der Waals surface area contributed by atoms with E-state index in [2.05, 4.69) is 87.5 Å². The number of hydrogen-bond acceptors (Lipinski definition) is 1. The summed E-state index contributed by atoms with van der Waals surface area (Å²) in [5, 5.41) is 10.8. The standard InChI is InChI=1S/C32H54O/c1-11-29-30(27(7)26(6)28(8)31(29)33)20-22-32(9,10)21-14-19-25(5)18-13-17-24(4)16-12-15-23(2)3/h15,17,19,28,31,33H,11-14,16,18,20-22H2,1-10H3/b24-17+,25-19+. The van der Waals surface area contributed by atoms with Gasteiger partial charge in [0.15, 0.2) is 0 Å². The minimum absolute atomic E-state index is 0.251. The van der Waals surface area contributed by atoms with Gasteiger partial charge >= 0.3 is 0 Å². The topological polar surface area (TPSA) is 20.2 Å². The molecule has 2 unspecified atom stereocenters. The van der Waals surface area contributed by atoms with Gasteiger partial charge in [-0.15, -0.1) is 0 Å². The van der Waals surface area contributed by atoms with Crippen LogP contribution in [0.1, 0.15) is 127 Å². The Morgan fingerprint density at radius 1 is 0.879 bits per heavy atom. The summed E-state index contributed by atoms with van der Waals surface area (Å²) in [5.41, 5.74) is 10.3. The van der Waals surface area contributed by atoms with E-state index in [1.54, 1.807) is 0 Å². The average molecular weight is 455 g/mol. The van der Waals surface area contributed by atoms with E-state index < -0.39 is 0 Å². The van der Waals surface area contributed by atoms with E-state index in [1.165, 1.54) is 64.7 Å². The van der Waals surface area contributed by atoms with Gasteiger partial charge in [0.2, 0.25) is 0 Å². The molecule has 0 aromatic heterocycles. The van der Waals surface area contributed by atoms with Crippen LogP contribution < -0.4 is 0 Å². The fourth-order valence-electron chi connectivity index (χ4n) is 4.94. The van der Waals surface area contributed by atoms with Crippen molar-refractivity contribution in [2.45, 2.75) is 133 Å². The molecule has 0 saturated carbocycles. The molecule has 0 bridgehead atoms. The fraction of sp³-hybridized carbons (Fsp3) is 0.688. The molecule has 1 heteroatoms. The number of rotatable bonds is 13. The van der Waals surface area contributed by atoms with Gasteiger partial charge in [0, 0.05) is 5.92 Å². The van der Waals surface area contributed by atoms with Gasteiger partial charge in [0.1, 0.15) is 0 Å². The predicted molar refractivity (Wildman–Crippen MR) is 149 cm³/mol. The Labute approximate surface area is 206 Å². The summed E-state index contributed by atoms with van der Waals surface area (Å²) in [6.07, 6.45) is 17.2. The first-order valence-electron chi connectivity index (χ1n) is 13.4. The quantitative estimate of drug-likeness (QED) is 0.274. The van der Waals surface area contributed by atoms with Gasteiger partial charge in [-0.05, 0) is 121 Å². The molecule has 1 rings (SSSR count). The van der Waals surface area contributed by atoms with Crippen molar-refractivity contribution in [3.63, 3.8) is 0 Å². The third-order valence-electron chi connectivity index (χ3n) is 7.81. The van der Waals surface area contributed by atoms with E-state index >= 15 is 0 Å². The first kappa shape index (κ1) is 29.7. The second kappa shape index (κ2) is 14.1. The van der Waals surface area contributed by atoms with E-state index in [1.807, 2.05) is 0 Å². The van der Waals surface area contributed by atoms with Crippen LogP contribution in [-0.4, -0.2) is 11.2 Å². The zero-order valence-corrected chi connectivity index (χ0v) is 23.7. The Bertz CT molecular complexity index is 777. The van der Waals surface area contributed by atoms with Gasteiger partial charge in [-0.25, -0.2) is 0 Å². The summed E-state index contributed by atoms with van der Waals surface area (Å²) in [5.74, 6) is 0.251. The van der Waals surface area contributed by atoms with Crippen molar-refractivity contribution in [1.82, 2.24) is 0 Å². The Balaban J connectivity index is 2.55. The highest BCUT2D eigenvalue weighted by molar-refractivity contribution is 5.44. The number of allylic oxidation sites excluding steroid dienone is 8. The molecule has 0 saturated heterocycles. The number of hydrogen-bond donors (Lipinski definition) is 1. The molecule has 0 fully saturated rings. The molecule has 1 nitrogen and oxygen atoms in total. The predicted octanol–water partition coefficient (Wildman–Crippen LogP) is 10.0. The lowest BCUT2D eigenvalue weighted by Crippen LogP contribution is -2.27. The molecule has 0 aromatic rings. The molecule has 0 aromatic carbocycles. The maximum absolute atomic E-state index is 10.8. The van der Waals surface area contributed by atoms with Crippen LogP contribution >= 0.6 is 0 Å².